The Balaban J connectivity index is 3.84. The maximum atomic E-state index is 10.8. The number of carboxylic acids is 1. The van der Waals surface area contributed by atoms with Gasteiger partial charge < -0.3 is 20.5 Å². The lowest BCUT2D eigenvalue weighted by Crippen LogP contribution is -2.47. The first-order valence-electron chi connectivity index (χ1n) is 5.29. The van der Waals surface area contributed by atoms with E-state index in [1.165, 1.54) is 6.92 Å². The summed E-state index contributed by atoms with van der Waals surface area (Å²) in [5, 5.41) is 14.1. The molecular weight excluding hydrogens is 212 g/mol. The first-order chi connectivity index (χ1) is 7.47. The summed E-state index contributed by atoms with van der Waals surface area (Å²) in [5.74, 6) is -1.40. The largest absolute Gasteiger partial charge is 0.480 e. The molecule has 0 aliphatic heterocycles. The van der Waals surface area contributed by atoms with Gasteiger partial charge in [-0.1, -0.05) is 0 Å². The molecule has 0 heterocycles. The van der Waals surface area contributed by atoms with Crippen LogP contribution in [-0.2, 0) is 14.3 Å². The molecule has 0 aliphatic rings. The van der Waals surface area contributed by atoms with E-state index in [1.54, 1.807) is 0 Å². The predicted octanol–water partition coefficient (Wildman–Crippen LogP) is -0.410. The van der Waals surface area contributed by atoms with E-state index in [0.717, 1.165) is 0 Å². The number of aliphatic carboxylic acids is 1. The van der Waals surface area contributed by atoms with Crippen molar-refractivity contribution in [1.29, 1.82) is 0 Å². The van der Waals surface area contributed by atoms with Gasteiger partial charge in [-0.25, -0.2) is 4.79 Å². The van der Waals surface area contributed by atoms with Crippen molar-refractivity contribution in [2.24, 2.45) is 0 Å². The Hall–Kier alpha value is -1.14. The van der Waals surface area contributed by atoms with Crippen LogP contribution in [0.4, 0.5) is 0 Å². The Morgan fingerprint density at radius 2 is 2.00 bits per heavy atom. The van der Waals surface area contributed by atoms with Gasteiger partial charge in [0.15, 0.2) is 0 Å². The number of nitrogens with one attached hydrogen (secondary N) is 2. The molecule has 6 nitrogen and oxygen atoms in total. The third-order valence-electron chi connectivity index (χ3n) is 1.91. The van der Waals surface area contributed by atoms with Crippen LogP contribution in [0.25, 0.3) is 0 Å². The summed E-state index contributed by atoms with van der Waals surface area (Å²) in [6, 6.07) is -0.897. The molecule has 0 saturated heterocycles. The minimum absolute atomic E-state index is 0.0248. The number of ether oxygens (including phenoxy) is 1. The molecule has 0 radical (unpaired) electrons. The van der Waals surface area contributed by atoms with Crippen molar-refractivity contribution < 1.29 is 19.4 Å². The average molecular weight is 232 g/mol. The molecule has 2 atom stereocenters. The second kappa shape index (κ2) is 8.06. The zero-order chi connectivity index (χ0) is 12.6. The van der Waals surface area contributed by atoms with Crippen molar-refractivity contribution in [2.75, 3.05) is 19.7 Å². The molecule has 0 bridgehead atoms. The fraction of sp³-hybridized carbons (Fsp3) is 0.800. The molecule has 0 rings (SSSR count). The summed E-state index contributed by atoms with van der Waals surface area (Å²) in [5.41, 5.74) is 0. The van der Waals surface area contributed by atoms with E-state index in [9.17, 15) is 9.59 Å². The molecule has 6 heteroatoms. The molecule has 0 saturated carbocycles. The number of carbonyl (C=O) groups excluding carboxylic acids is 1. The third-order valence-corrected chi connectivity index (χ3v) is 1.91. The number of carboxylic acid groups (broad SMARTS) is 1. The zero-order valence-electron chi connectivity index (χ0n) is 9.95. The van der Waals surface area contributed by atoms with Crippen LogP contribution >= 0.6 is 0 Å². The van der Waals surface area contributed by atoms with E-state index < -0.39 is 12.0 Å². The van der Waals surface area contributed by atoms with E-state index in [1.807, 2.05) is 13.8 Å². The van der Waals surface area contributed by atoms with Gasteiger partial charge in [0.2, 0.25) is 5.91 Å². The Morgan fingerprint density at radius 1 is 1.38 bits per heavy atom. The summed E-state index contributed by atoms with van der Waals surface area (Å²) in [6.07, 6.45) is 0.0248. The van der Waals surface area contributed by atoms with E-state index >= 15 is 0 Å². The summed E-state index contributed by atoms with van der Waals surface area (Å²) < 4.78 is 5.27. The van der Waals surface area contributed by atoms with Crippen LogP contribution in [0, 0.1) is 0 Å². The van der Waals surface area contributed by atoms with Crippen molar-refractivity contribution in [2.45, 2.75) is 32.9 Å². The van der Waals surface area contributed by atoms with E-state index in [4.69, 9.17) is 9.84 Å². The first kappa shape index (κ1) is 14.9. The second-order valence-electron chi connectivity index (χ2n) is 3.52. The number of carbonyl (C=O) groups is 2. The molecule has 3 N–H and O–H groups in total. The van der Waals surface area contributed by atoms with Crippen molar-refractivity contribution in [3.05, 3.63) is 0 Å². The molecule has 0 spiro atoms. The highest BCUT2D eigenvalue weighted by Crippen LogP contribution is 1.88. The zero-order valence-corrected chi connectivity index (χ0v) is 9.95. The van der Waals surface area contributed by atoms with Crippen molar-refractivity contribution in [1.82, 2.24) is 10.6 Å². The molecular formula is C10H20N2O4. The summed E-state index contributed by atoms with van der Waals surface area (Å²) in [4.78, 5) is 21.5. The lowest BCUT2D eigenvalue weighted by Gasteiger charge is -2.16. The second-order valence-corrected chi connectivity index (χ2v) is 3.52. The van der Waals surface area contributed by atoms with Crippen molar-refractivity contribution in [3.63, 3.8) is 0 Å². The van der Waals surface area contributed by atoms with Gasteiger partial charge in [-0.3, -0.25) is 4.79 Å². The standard InChI is InChI=1S/C10H20N2O4/c1-4-16-7(2)5-11-6-9(10(14)15)12-8(3)13/h7,9,11H,4-6H2,1-3H3,(H,12,13)(H,14,15). The van der Waals surface area contributed by atoms with E-state index in [-0.39, 0.29) is 18.6 Å². The Kier molecular flexibility index (Phi) is 7.49. The first-order valence-corrected chi connectivity index (χ1v) is 5.29. The molecule has 16 heavy (non-hydrogen) atoms. The highest BCUT2D eigenvalue weighted by molar-refractivity contribution is 5.82. The SMILES string of the molecule is CCOC(C)CNCC(NC(C)=O)C(=O)O. The van der Waals surface area contributed by atoms with E-state index in [2.05, 4.69) is 10.6 Å². The summed E-state index contributed by atoms with van der Waals surface area (Å²) in [6.45, 7) is 6.44. The maximum absolute atomic E-state index is 10.8. The normalized spacial score (nSPS) is 14.2. The van der Waals surface area contributed by atoms with Gasteiger partial charge in [-0.05, 0) is 13.8 Å². The summed E-state index contributed by atoms with van der Waals surface area (Å²) >= 11 is 0. The molecule has 0 fully saturated rings. The lowest BCUT2D eigenvalue weighted by molar-refractivity contribution is -0.141. The Labute approximate surface area is 95.4 Å². The molecule has 0 aromatic rings. The molecule has 2 unspecified atom stereocenters. The summed E-state index contributed by atoms with van der Waals surface area (Å²) in [7, 11) is 0. The number of amides is 1. The maximum Gasteiger partial charge on any atom is 0.327 e. The third kappa shape index (κ3) is 7.19. The highest BCUT2D eigenvalue weighted by Gasteiger charge is 2.17. The molecule has 0 aromatic heterocycles. The van der Waals surface area contributed by atoms with Gasteiger partial charge in [0.05, 0.1) is 6.10 Å². The van der Waals surface area contributed by atoms with Crippen LogP contribution < -0.4 is 10.6 Å². The van der Waals surface area contributed by atoms with Gasteiger partial charge in [0, 0.05) is 26.6 Å². The van der Waals surface area contributed by atoms with Crippen LogP contribution in [-0.4, -0.2) is 48.8 Å². The lowest BCUT2D eigenvalue weighted by atomic mass is 10.3. The van der Waals surface area contributed by atoms with Crippen LogP contribution in [0.5, 0.6) is 0 Å². The number of hydrogen-bond donors (Lipinski definition) is 3. The quantitative estimate of drug-likeness (QED) is 0.529. The van der Waals surface area contributed by atoms with Gasteiger partial charge >= 0.3 is 5.97 Å². The monoisotopic (exact) mass is 232 g/mol. The molecule has 0 aromatic carbocycles. The van der Waals surface area contributed by atoms with Crippen LogP contribution in [0.15, 0.2) is 0 Å². The van der Waals surface area contributed by atoms with Crippen LogP contribution in [0.1, 0.15) is 20.8 Å². The fourth-order valence-electron chi connectivity index (χ4n) is 1.22. The Bertz CT molecular complexity index is 233. The number of hydrogen-bond acceptors (Lipinski definition) is 4. The van der Waals surface area contributed by atoms with Crippen LogP contribution in [0.3, 0.4) is 0 Å². The van der Waals surface area contributed by atoms with Crippen molar-refractivity contribution in [3.8, 4) is 0 Å². The molecule has 94 valence electrons. The Morgan fingerprint density at radius 3 is 2.44 bits per heavy atom. The van der Waals surface area contributed by atoms with Gasteiger partial charge in [-0.2, -0.15) is 0 Å². The van der Waals surface area contributed by atoms with Gasteiger partial charge in [0.1, 0.15) is 6.04 Å². The van der Waals surface area contributed by atoms with Crippen molar-refractivity contribution >= 4 is 11.9 Å². The average Bonchev–Trinajstić information content (AvgIpc) is 2.15. The molecule has 1 amide bonds. The smallest absolute Gasteiger partial charge is 0.327 e. The van der Waals surface area contributed by atoms with Crippen LogP contribution in [0.2, 0.25) is 0 Å². The number of rotatable bonds is 8. The van der Waals surface area contributed by atoms with Gasteiger partial charge in [0.25, 0.3) is 0 Å². The van der Waals surface area contributed by atoms with Gasteiger partial charge in [-0.15, -0.1) is 0 Å². The van der Waals surface area contributed by atoms with E-state index in [0.29, 0.717) is 13.2 Å². The minimum Gasteiger partial charge on any atom is -0.480 e. The predicted molar refractivity (Wildman–Crippen MR) is 59.2 cm³/mol. The topological polar surface area (TPSA) is 87.7 Å². The molecule has 0 aliphatic carbocycles. The highest BCUT2D eigenvalue weighted by atomic mass is 16.5. The fourth-order valence-corrected chi connectivity index (χ4v) is 1.22. The minimum atomic E-state index is -1.05.